The van der Waals surface area contributed by atoms with E-state index in [0.29, 0.717) is 22.1 Å². The Morgan fingerprint density at radius 3 is 2.60 bits per heavy atom. The minimum atomic E-state index is -1.03. The van der Waals surface area contributed by atoms with Gasteiger partial charge < -0.3 is 19.1 Å². The molecule has 0 radical (unpaired) electrons. The molecule has 1 aromatic carbocycles. The van der Waals surface area contributed by atoms with Crippen molar-refractivity contribution in [2.45, 2.75) is 23.9 Å². The first-order chi connectivity index (χ1) is 14.2. The second-order valence-corrected chi connectivity index (χ2v) is 8.47. The van der Waals surface area contributed by atoms with Crippen LogP contribution < -0.4 is 20.7 Å². The lowest BCUT2D eigenvalue weighted by Gasteiger charge is -2.12. The number of nitrogens with zero attached hydrogens (tertiary/aromatic N) is 4. The molecule has 30 heavy (non-hydrogen) atoms. The molecule has 4 rings (SSSR count). The number of thioether (sulfide) groups is 1. The molecule has 1 atom stereocenters. The van der Waals surface area contributed by atoms with Crippen LogP contribution in [0.2, 0.25) is 5.02 Å². The number of carboxylic acids is 1. The topological polar surface area (TPSA) is 118 Å². The average molecular weight is 453 g/mol. The van der Waals surface area contributed by atoms with Gasteiger partial charge in [-0.25, -0.2) is 9.78 Å². The number of imidazole rings is 1. The zero-order valence-electron chi connectivity index (χ0n) is 16.2. The standard InChI is InChI=1S/C18H17ClN4O6S/c1-8(16(25)26)30-17-20-14-13(15(24)22(3)18(27)21(14)2)23(17)6-9-4-11-12(5-10(9)19)29-7-28-11/h4-5,8H,6-7H2,1-3H3,(H,25,26)/t8-/m1/s1. The Morgan fingerprint density at radius 1 is 1.27 bits per heavy atom. The number of hydrogen-bond donors (Lipinski definition) is 1. The van der Waals surface area contributed by atoms with Gasteiger partial charge in [-0.1, -0.05) is 23.4 Å². The summed E-state index contributed by atoms with van der Waals surface area (Å²) >= 11 is 7.38. The summed E-state index contributed by atoms with van der Waals surface area (Å²) in [5, 5.41) is 9.17. The summed E-state index contributed by atoms with van der Waals surface area (Å²) in [6.07, 6.45) is 0. The second kappa shape index (κ2) is 7.40. The number of carboxylic acid groups (broad SMARTS) is 1. The SMILES string of the molecule is C[C@@H](Sc1nc2c(c(=O)n(C)c(=O)n2C)n1Cc1cc2c(cc1Cl)OCO2)C(=O)O. The van der Waals surface area contributed by atoms with Crippen molar-refractivity contribution in [1.29, 1.82) is 0 Å². The van der Waals surface area contributed by atoms with Crippen molar-refractivity contribution in [2.24, 2.45) is 14.1 Å². The highest BCUT2D eigenvalue weighted by atomic mass is 35.5. The molecular formula is C18H17ClN4O6S. The highest BCUT2D eigenvalue weighted by Crippen LogP contribution is 2.38. The van der Waals surface area contributed by atoms with Gasteiger partial charge in [-0.3, -0.25) is 18.7 Å². The van der Waals surface area contributed by atoms with Gasteiger partial charge in [-0.2, -0.15) is 0 Å². The van der Waals surface area contributed by atoms with E-state index in [1.54, 1.807) is 16.7 Å². The van der Waals surface area contributed by atoms with Gasteiger partial charge in [0.25, 0.3) is 5.56 Å². The summed E-state index contributed by atoms with van der Waals surface area (Å²) < 4.78 is 14.5. The van der Waals surface area contributed by atoms with Crippen molar-refractivity contribution in [3.63, 3.8) is 0 Å². The van der Waals surface area contributed by atoms with E-state index in [1.807, 2.05) is 0 Å². The number of halogens is 1. The Balaban J connectivity index is 1.94. The van der Waals surface area contributed by atoms with E-state index in [1.165, 1.54) is 25.6 Å². The van der Waals surface area contributed by atoms with Crippen molar-refractivity contribution in [3.05, 3.63) is 43.6 Å². The predicted molar refractivity (Wildman–Crippen MR) is 110 cm³/mol. The Morgan fingerprint density at radius 2 is 1.93 bits per heavy atom. The summed E-state index contributed by atoms with van der Waals surface area (Å²) in [6, 6.07) is 3.33. The number of aromatic nitrogens is 4. The minimum Gasteiger partial charge on any atom is -0.480 e. The van der Waals surface area contributed by atoms with Crippen molar-refractivity contribution >= 4 is 40.5 Å². The summed E-state index contributed by atoms with van der Waals surface area (Å²) in [5.74, 6) is 0.0142. The van der Waals surface area contributed by atoms with E-state index in [4.69, 9.17) is 21.1 Å². The first-order valence-electron chi connectivity index (χ1n) is 8.82. The third-order valence-corrected chi connectivity index (χ3v) is 6.24. The molecule has 0 aliphatic carbocycles. The molecular weight excluding hydrogens is 436 g/mol. The van der Waals surface area contributed by atoms with E-state index in [0.717, 1.165) is 16.3 Å². The minimum absolute atomic E-state index is 0.0863. The summed E-state index contributed by atoms with van der Waals surface area (Å²) in [5.41, 5.74) is -0.0946. The molecule has 1 aliphatic rings. The molecule has 0 fully saturated rings. The van der Waals surface area contributed by atoms with Crippen LogP contribution in [0, 0.1) is 0 Å². The third-order valence-electron chi connectivity index (χ3n) is 4.81. The molecule has 2 aromatic heterocycles. The fraction of sp³-hybridized carbons (Fsp3) is 0.333. The lowest BCUT2D eigenvalue weighted by molar-refractivity contribution is -0.136. The van der Waals surface area contributed by atoms with Crippen LogP contribution in [0.15, 0.2) is 26.9 Å². The molecule has 0 amide bonds. The van der Waals surface area contributed by atoms with Crippen LogP contribution in [0.25, 0.3) is 11.2 Å². The maximum atomic E-state index is 12.9. The van der Waals surface area contributed by atoms with Crippen LogP contribution in [-0.2, 0) is 25.4 Å². The fourth-order valence-corrected chi connectivity index (χ4v) is 4.18. The lowest BCUT2D eigenvalue weighted by atomic mass is 10.2. The molecule has 0 bridgehead atoms. The van der Waals surface area contributed by atoms with Gasteiger partial charge in [0, 0.05) is 25.2 Å². The fourth-order valence-electron chi connectivity index (χ4n) is 3.12. The number of rotatable bonds is 5. The Kier molecular flexibility index (Phi) is 5.02. The lowest BCUT2D eigenvalue weighted by Crippen LogP contribution is -2.37. The number of aliphatic carboxylic acids is 1. The highest BCUT2D eigenvalue weighted by Gasteiger charge is 2.24. The number of hydrogen-bond acceptors (Lipinski definition) is 7. The summed E-state index contributed by atoms with van der Waals surface area (Å²) in [4.78, 5) is 41.0. The zero-order chi connectivity index (χ0) is 21.7. The number of benzene rings is 1. The van der Waals surface area contributed by atoms with Crippen molar-refractivity contribution in [3.8, 4) is 11.5 Å². The van der Waals surface area contributed by atoms with Gasteiger partial charge in [0.15, 0.2) is 27.8 Å². The van der Waals surface area contributed by atoms with Crippen LogP contribution in [0.4, 0.5) is 0 Å². The van der Waals surface area contributed by atoms with Crippen molar-refractivity contribution in [1.82, 2.24) is 18.7 Å². The largest absolute Gasteiger partial charge is 0.480 e. The average Bonchev–Trinajstić information content (AvgIpc) is 3.29. The zero-order valence-corrected chi connectivity index (χ0v) is 17.8. The van der Waals surface area contributed by atoms with E-state index in [-0.39, 0.29) is 29.7 Å². The van der Waals surface area contributed by atoms with E-state index >= 15 is 0 Å². The molecule has 0 spiro atoms. The van der Waals surface area contributed by atoms with Crippen LogP contribution >= 0.6 is 23.4 Å². The smallest absolute Gasteiger partial charge is 0.332 e. The van der Waals surface area contributed by atoms with Gasteiger partial charge in [-0.15, -0.1) is 0 Å². The van der Waals surface area contributed by atoms with Gasteiger partial charge in [0.2, 0.25) is 6.79 Å². The third kappa shape index (κ3) is 3.23. The van der Waals surface area contributed by atoms with Crippen LogP contribution in [0.3, 0.4) is 0 Å². The maximum absolute atomic E-state index is 12.9. The second-order valence-electron chi connectivity index (χ2n) is 6.75. The van der Waals surface area contributed by atoms with Crippen molar-refractivity contribution in [2.75, 3.05) is 6.79 Å². The number of ether oxygens (including phenoxy) is 2. The quantitative estimate of drug-likeness (QED) is 0.578. The molecule has 0 saturated carbocycles. The predicted octanol–water partition coefficient (Wildman–Crippen LogP) is 1.43. The molecule has 10 nitrogen and oxygen atoms in total. The molecule has 12 heteroatoms. The summed E-state index contributed by atoms with van der Waals surface area (Å²) in [7, 11) is 2.88. The van der Waals surface area contributed by atoms with Gasteiger partial charge in [-0.05, 0) is 18.6 Å². The Hall–Kier alpha value is -2.92. The van der Waals surface area contributed by atoms with Crippen LogP contribution in [0.5, 0.6) is 11.5 Å². The molecule has 0 unspecified atom stereocenters. The molecule has 1 N–H and O–H groups in total. The molecule has 3 heterocycles. The summed E-state index contributed by atoms with van der Waals surface area (Å²) in [6.45, 7) is 1.72. The van der Waals surface area contributed by atoms with E-state index in [2.05, 4.69) is 4.98 Å². The maximum Gasteiger partial charge on any atom is 0.332 e. The van der Waals surface area contributed by atoms with Crippen LogP contribution in [-0.4, -0.2) is 41.8 Å². The van der Waals surface area contributed by atoms with Gasteiger partial charge in [0.1, 0.15) is 5.25 Å². The normalized spacial score (nSPS) is 13.7. The number of aryl methyl sites for hydroxylation is 1. The van der Waals surface area contributed by atoms with E-state index < -0.39 is 22.5 Å². The molecule has 158 valence electrons. The number of fused-ring (bicyclic) bond motifs is 2. The van der Waals surface area contributed by atoms with Crippen LogP contribution in [0.1, 0.15) is 12.5 Å². The Bertz CT molecular complexity index is 1310. The monoisotopic (exact) mass is 452 g/mol. The number of carbonyl (C=O) groups is 1. The first kappa shape index (κ1) is 20.4. The van der Waals surface area contributed by atoms with Gasteiger partial charge in [0.05, 0.1) is 6.54 Å². The molecule has 0 saturated heterocycles. The van der Waals surface area contributed by atoms with Crippen molar-refractivity contribution < 1.29 is 19.4 Å². The Labute approximate surface area is 178 Å². The van der Waals surface area contributed by atoms with Gasteiger partial charge >= 0.3 is 11.7 Å². The molecule has 3 aromatic rings. The highest BCUT2D eigenvalue weighted by molar-refractivity contribution is 8.00. The first-order valence-corrected chi connectivity index (χ1v) is 10.1. The van der Waals surface area contributed by atoms with E-state index in [9.17, 15) is 19.5 Å². The molecule has 1 aliphatic heterocycles.